The van der Waals surface area contributed by atoms with Gasteiger partial charge in [-0.05, 0) is 36.4 Å². The molecule has 0 fully saturated rings. The number of halogens is 3. The highest BCUT2D eigenvalue weighted by molar-refractivity contribution is 5.70. The summed E-state index contributed by atoms with van der Waals surface area (Å²) < 4.78 is 48.5. The number of hydrogen-bond acceptors (Lipinski definition) is 4. The average molecular weight is 385 g/mol. The van der Waals surface area contributed by atoms with E-state index in [-0.39, 0.29) is 5.75 Å². The number of imidazole rings is 1. The van der Waals surface area contributed by atoms with Crippen LogP contribution >= 0.6 is 0 Å². The summed E-state index contributed by atoms with van der Waals surface area (Å²) in [6.45, 7) is 0. The topological polar surface area (TPSA) is 48.7 Å². The molecule has 0 aliphatic heterocycles. The van der Waals surface area contributed by atoms with Crippen LogP contribution in [0.1, 0.15) is 0 Å². The molecule has 0 saturated carbocycles. The monoisotopic (exact) mass is 385 g/mol. The lowest BCUT2D eigenvalue weighted by molar-refractivity contribution is -0.274. The zero-order chi connectivity index (χ0) is 19.7. The van der Waals surface area contributed by atoms with E-state index >= 15 is 0 Å². The zero-order valence-electron chi connectivity index (χ0n) is 14.6. The van der Waals surface area contributed by atoms with Crippen molar-refractivity contribution >= 4 is 5.65 Å². The van der Waals surface area contributed by atoms with Gasteiger partial charge in [0.15, 0.2) is 5.65 Å². The van der Waals surface area contributed by atoms with Gasteiger partial charge in [0.1, 0.15) is 11.5 Å². The summed E-state index contributed by atoms with van der Waals surface area (Å²) in [5, 5.41) is 4.61. The molecule has 2 aromatic carbocycles. The van der Waals surface area contributed by atoms with Crippen molar-refractivity contribution in [3.8, 4) is 34.0 Å². The van der Waals surface area contributed by atoms with Gasteiger partial charge >= 0.3 is 6.36 Å². The van der Waals surface area contributed by atoms with Crippen molar-refractivity contribution in [3.63, 3.8) is 0 Å². The van der Waals surface area contributed by atoms with E-state index in [9.17, 15) is 13.2 Å². The summed E-state index contributed by atoms with van der Waals surface area (Å²) in [4.78, 5) is 4.28. The Morgan fingerprint density at radius 3 is 2.57 bits per heavy atom. The Kier molecular flexibility index (Phi) is 4.38. The first-order valence-corrected chi connectivity index (χ1v) is 8.29. The van der Waals surface area contributed by atoms with E-state index in [0.717, 1.165) is 5.56 Å². The standard InChI is InChI=1S/C20H14F3N3O2/c1-27-18-8-3-2-7-15(18)16-9-10-19-24-12-17(26(19)25-16)13-5-4-6-14(11-13)28-20(21,22)23/h2-12H,1H3. The van der Waals surface area contributed by atoms with Gasteiger partial charge in [-0.15, -0.1) is 13.2 Å². The molecule has 4 rings (SSSR count). The van der Waals surface area contributed by atoms with Gasteiger partial charge in [0.2, 0.25) is 0 Å². The van der Waals surface area contributed by atoms with E-state index in [4.69, 9.17) is 4.74 Å². The van der Waals surface area contributed by atoms with E-state index in [2.05, 4.69) is 14.8 Å². The van der Waals surface area contributed by atoms with Crippen LogP contribution in [0.2, 0.25) is 0 Å². The number of alkyl halides is 3. The lowest BCUT2D eigenvalue weighted by atomic mass is 10.1. The number of methoxy groups -OCH3 is 1. The molecule has 8 heteroatoms. The van der Waals surface area contributed by atoms with Crippen LogP contribution in [-0.2, 0) is 0 Å². The number of nitrogens with zero attached hydrogens (tertiary/aromatic N) is 3. The SMILES string of the molecule is COc1ccccc1-c1ccc2ncc(-c3cccc(OC(F)(F)F)c3)n2n1. The maximum atomic E-state index is 12.5. The second-order valence-electron chi connectivity index (χ2n) is 5.91. The summed E-state index contributed by atoms with van der Waals surface area (Å²) >= 11 is 0. The molecule has 0 aliphatic rings. The molecule has 0 bridgehead atoms. The van der Waals surface area contributed by atoms with Crippen LogP contribution in [-0.4, -0.2) is 28.1 Å². The third-order valence-electron chi connectivity index (χ3n) is 4.11. The lowest BCUT2D eigenvalue weighted by Gasteiger charge is -2.10. The smallest absolute Gasteiger partial charge is 0.496 e. The molecule has 5 nitrogen and oxygen atoms in total. The Morgan fingerprint density at radius 1 is 0.964 bits per heavy atom. The molecule has 0 aliphatic carbocycles. The van der Waals surface area contributed by atoms with Gasteiger partial charge in [-0.3, -0.25) is 0 Å². The first-order valence-electron chi connectivity index (χ1n) is 8.29. The molecular formula is C20H14F3N3O2. The number of para-hydroxylation sites is 1. The van der Waals surface area contributed by atoms with Crippen molar-refractivity contribution in [2.24, 2.45) is 0 Å². The van der Waals surface area contributed by atoms with Crippen molar-refractivity contribution in [3.05, 3.63) is 66.9 Å². The lowest BCUT2D eigenvalue weighted by Crippen LogP contribution is -2.17. The zero-order valence-corrected chi connectivity index (χ0v) is 14.6. The average Bonchev–Trinajstić information content (AvgIpc) is 3.10. The van der Waals surface area contributed by atoms with Crippen LogP contribution in [0, 0.1) is 0 Å². The van der Waals surface area contributed by atoms with E-state index in [1.54, 1.807) is 30.0 Å². The third-order valence-corrected chi connectivity index (χ3v) is 4.11. The van der Waals surface area contributed by atoms with Gasteiger partial charge in [0.05, 0.1) is 24.7 Å². The fourth-order valence-corrected chi connectivity index (χ4v) is 2.92. The van der Waals surface area contributed by atoms with Crippen molar-refractivity contribution < 1.29 is 22.6 Å². The Labute approximate surface area is 158 Å². The summed E-state index contributed by atoms with van der Waals surface area (Å²) in [6, 6.07) is 16.7. The quantitative estimate of drug-likeness (QED) is 0.498. The fourth-order valence-electron chi connectivity index (χ4n) is 2.92. The van der Waals surface area contributed by atoms with Gasteiger partial charge < -0.3 is 9.47 Å². The third kappa shape index (κ3) is 3.48. The molecule has 28 heavy (non-hydrogen) atoms. The first kappa shape index (κ1) is 17.8. The Bertz CT molecular complexity index is 1140. The molecular weight excluding hydrogens is 371 g/mol. The van der Waals surface area contributed by atoms with Crippen molar-refractivity contribution in [1.82, 2.24) is 14.6 Å². The summed E-state index contributed by atoms with van der Waals surface area (Å²) in [5.74, 6) is 0.359. The molecule has 142 valence electrons. The van der Waals surface area contributed by atoms with E-state index in [1.807, 2.05) is 30.3 Å². The predicted molar refractivity (Wildman–Crippen MR) is 97.1 cm³/mol. The predicted octanol–water partition coefficient (Wildman–Crippen LogP) is 4.97. The van der Waals surface area contributed by atoms with Gasteiger partial charge in [-0.25, -0.2) is 9.50 Å². The fraction of sp³-hybridized carbons (Fsp3) is 0.100. The van der Waals surface area contributed by atoms with Crippen LogP contribution in [0.15, 0.2) is 66.9 Å². The van der Waals surface area contributed by atoms with Gasteiger partial charge in [0.25, 0.3) is 0 Å². The van der Waals surface area contributed by atoms with Crippen molar-refractivity contribution in [2.45, 2.75) is 6.36 Å². The minimum atomic E-state index is -4.76. The maximum Gasteiger partial charge on any atom is 0.573 e. The van der Waals surface area contributed by atoms with E-state index in [0.29, 0.717) is 28.3 Å². The van der Waals surface area contributed by atoms with Crippen LogP contribution < -0.4 is 9.47 Å². The normalized spacial score (nSPS) is 11.6. The van der Waals surface area contributed by atoms with E-state index in [1.165, 1.54) is 18.2 Å². The highest BCUT2D eigenvalue weighted by atomic mass is 19.4. The maximum absolute atomic E-state index is 12.5. The minimum Gasteiger partial charge on any atom is -0.496 e. The molecule has 0 N–H and O–H groups in total. The molecule has 0 atom stereocenters. The summed E-state index contributed by atoms with van der Waals surface area (Å²) in [7, 11) is 1.58. The first-order chi connectivity index (χ1) is 13.4. The summed E-state index contributed by atoms with van der Waals surface area (Å²) in [5.41, 5.74) is 3.04. The molecule has 0 saturated heterocycles. The van der Waals surface area contributed by atoms with Crippen LogP contribution in [0.4, 0.5) is 13.2 Å². The van der Waals surface area contributed by atoms with Gasteiger partial charge in [-0.1, -0.05) is 24.3 Å². The number of aromatic nitrogens is 3. The highest BCUT2D eigenvalue weighted by Gasteiger charge is 2.31. The van der Waals surface area contributed by atoms with Crippen molar-refractivity contribution in [1.29, 1.82) is 0 Å². The minimum absolute atomic E-state index is 0.305. The summed E-state index contributed by atoms with van der Waals surface area (Å²) in [6.07, 6.45) is -3.20. The number of fused-ring (bicyclic) bond motifs is 1. The second-order valence-corrected chi connectivity index (χ2v) is 5.91. The molecule has 2 heterocycles. The van der Waals surface area contributed by atoms with E-state index < -0.39 is 6.36 Å². The number of hydrogen-bond donors (Lipinski definition) is 0. The molecule has 2 aromatic heterocycles. The molecule has 0 spiro atoms. The Hall–Kier alpha value is -3.55. The van der Waals surface area contributed by atoms with Crippen LogP contribution in [0.25, 0.3) is 28.2 Å². The van der Waals surface area contributed by atoms with Gasteiger partial charge in [0, 0.05) is 11.1 Å². The molecule has 0 unspecified atom stereocenters. The van der Waals surface area contributed by atoms with Crippen molar-refractivity contribution in [2.75, 3.05) is 7.11 Å². The van der Waals surface area contributed by atoms with Gasteiger partial charge in [-0.2, -0.15) is 5.10 Å². The Morgan fingerprint density at radius 2 is 1.79 bits per heavy atom. The number of ether oxygens (including phenoxy) is 2. The highest BCUT2D eigenvalue weighted by Crippen LogP contribution is 2.31. The van der Waals surface area contributed by atoms with Crippen LogP contribution in [0.3, 0.4) is 0 Å². The Balaban J connectivity index is 1.80. The molecule has 4 aromatic rings. The second kappa shape index (κ2) is 6.88. The molecule has 0 radical (unpaired) electrons. The van der Waals surface area contributed by atoms with Crippen LogP contribution in [0.5, 0.6) is 11.5 Å². The molecule has 0 amide bonds. The largest absolute Gasteiger partial charge is 0.573 e. The number of benzene rings is 2. The number of rotatable bonds is 4.